The Balaban J connectivity index is 1.92. The lowest BCUT2D eigenvalue weighted by atomic mass is 10.0. The van der Waals surface area contributed by atoms with Gasteiger partial charge in [-0.1, -0.05) is 23.7 Å². The zero-order chi connectivity index (χ0) is 14.5. The highest BCUT2D eigenvalue weighted by atomic mass is 35.5. The summed E-state index contributed by atoms with van der Waals surface area (Å²) >= 11 is 5.94. The van der Waals surface area contributed by atoms with Crippen LogP contribution in [0.3, 0.4) is 0 Å². The number of rotatable bonds is 5. The average Bonchev–Trinajstić information content (AvgIpc) is 2.42. The van der Waals surface area contributed by atoms with Crippen LogP contribution in [-0.2, 0) is 17.6 Å². The normalized spacial score (nSPS) is 10.5. The molecule has 0 spiro atoms. The highest BCUT2D eigenvalue weighted by Gasteiger charge is 2.08. The maximum atomic E-state index is 13.1. The zero-order valence-corrected chi connectivity index (χ0v) is 11.7. The van der Waals surface area contributed by atoms with Gasteiger partial charge in [-0.3, -0.25) is 4.79 Å². The molecule has 2 nitrogen and oxygen atoms in total. The number of ketones is 1. The van der Waals surface area contributed by atoms with E-state index in [-0.39, 0.29) is 18.0 Å². The van der Waals surface area contributed by atoms with Crippen LogP contribution in [0.15, 0.2) is 42.5 Å². The van der Waals surface area contributed by atoms with Gasteiger partial charge in [-0.05, 0) is 47.9 Å². The highest BCUT2D eigenvalue weighted by Crippen LogP contribution is 2.18. The van der Waals surface area contributed by atoms with E-state index in [0.717, 1.165) is 5.56 Å². The van der Waals surface area contributed by atoms with Crippen molar-refractivity contribution in [3.63, 3.8) is 0 Å². The summed E-state index contributed by atoms with van der Waals surface area (Å²) in [6.45, 7) is 0. The second-order valence-corrected chi connectivity index (χ2v) is 5.10. The Morgan fingerprint density at radius 1 is 1.15 bits per heavy atom. The molecule has 2 aromatic rings. The zero-order valence-electron chi connectivity index (χ0n) is 10.9. The van der Waals surface area contributed by atoms with Crippen LogP contribution in [0.25, 0.3) is 0 Å². The van der Waals surface area contributed by atoms with Gasteiger partial charge in [0.1, 0.15) is 11.6 Å². The average molecular weight is 292 g/mol. The van der Waals surface area contributed by atoms with Crippen molar-refractivity contribution in [1.29, 1.82) is 0 Å². The molecule has 0 saturated heterocycles. The van der Waals surface area contributed by atoms with Crippen molar-refractivity contribution in [2.24, 2.45) is 0 Å². The molecule has 0 unspecified atom stereocenters. The van der Waals surface area contributed by atoms with Crippen LogP contribution in [0.1, 0.15) is 17.5 Å². The quantitative estimate of drug-likeness (QED) is 0.851. The van der Waals surface area contributed by atoms with Gasteiger partial charge in [0.25, 0.3) is 0 Å². The van der Waals surface area contributed by atoms with E-state index in [0.29, 0.717) is 29.1 Å². The second-order valence-electron chi connectivity index (χ2n) is 4.69. The molecule has 0 aliphatic rings. The molecule has 2 aromatic carbocycles. The topological polar surface area (TPSA) is 43.1 Å². The minimum atomic E-state index is -0.379. The maximum Gasteiger partial charge on any atom is 0.137 e. The lowest BCUT2D eigenvalue weighted by Gasteiger charge is -2.05. The van der Waals surface area contributed by atoms with E-state index in [4.69, 9.17) is 17.3 Å². The van der Waals surface area contributed by atoms with Gasteiger partial charge in [-0.15, -0.1) is 0 Å². The van der Waals surface area contributed by atoms with E-state index in [9.17, 15) is 9.18 Å². The van der Waals surface area contributed by atoms with Gasteiger partial charge < -0.3 is 5.73 Å². The molecule has 0 aromatic heterocycles. The third-order valence-corrected chi connectivity index (χ3v) is 3.44. The lowest BCUT2D eigenvalue weighted by Crippen LogP contribution is -2.05. The number of aryl methyl sites for hydroxylation is 1. The maximum absolute atomic E-state index is 13.1. The van der Waals surface area contributed by atoms with Crippen molar-refractivity contribution < 1.29 is 9.18 Å². The first-order valence-corrected chi connectivity index (χ1v) is 6.72. The minimum Gasteiger partial charge on any atom is -0.399 e. The number of nitrogens with two attached hydrogens (primary N) is 1. The molecule has 4 heteroatoms. The fourth-order valence-corrected chi connectivity index (χ4v) is 2.13. The predicted octanol–water partition coefficient (Wildman–Crippen LogP) is 3.81. The molecule has 0 saturated carbocycles. The van der Waals surface area contributed by atoms with Gasteiger partial charge in [0.05, 0.1) is 0 Å². The van der Waals surface area contributed by atoms with Crippen LogP contribution in [0.5, 0.6) is 0 Å². The third-order valence-electron chi connectivity index (χ3n) is 3.07. The summed E-state index contributed by atoms with van der Waals surface area (Å²) in [6, 6.07) is 11.5. The van der Waals surface area contributed by atoms with Gasteiger partial charge in [-0.2, -0.15) is 0 Å². The SMILES string of the molecule is Nc1ccc(CCC(=O)Cc2cc(F)ccc2Cl)cc1. The monoisotopic (exact) mass is 291 g/mol. The molecular weight excluding hydrogens is 277 g/mol. The van der Waals surface area contributed by atoms with Gasteiger partial charge in [0, 0.05) is 23.6 Å². The molecule has 20 heavy (non-hydrogen) atoms. The van der Waals surface area contributed by atoms with Crippen molar-refractivity contribution >= 4 is 23.1 Å². The molecule has 0 amide bonds. The molecule has 104 valence electrons. The molecule has 2 rings (SSSR count). The summed E-state index contributed by atoms with van der Waals surface area (Å²) in [5, 5.41) is 0.423. The Morgan fingerprint density at radius 3 is 2.55 bits per heavy atom. The summed E-state index contributed by atoms with van der Waals surface area (Å²) in [5.41, 5.74) is 7.89. The van der Waals surface area contributed by atoms with Gasteiger partial charge in [0.2, 0.25) is 0 Å². The van der Waals surface area contributed by atoms with Crippen LogP contribution < -0.4 is 5.73 Å². The van der Waals surface area contributed by atoms with E-state index in [1.807, 2.05) is 24.3 Å². The summed E-state index contributed by atoms with van der Waals surface area (Å²) in [4.78, 5) is 11.9. The second kappa shape index (κ2) is 6.53. The number of Topliss-reactive ketones (excluding diaryl/α,β-unsaturated/α-hetero) is 1. The van der Waals surface area contributed by atoms with Gasteiger partial charge in [0.15, 0.2) is 0 Å². The van der Waals surface area contributed by atoms with Crippen molar-refractivity contribution in [3.8, 4) is 0 Å². The number of nitrogen functional groups attached to an aromatic ring is 1. The van der Waals surface area contributed by atoms with E-state index in [1.165, 1.54) is 18.2 Å². The van der Waals surface area contributed by atoms with Crippen LogP contribution >= 0.6 is 11.6 Å². The number of anilines is 1. The predicted molar refractivity (Wildman–Crippen MR) is 79.3 cm³/mol. The fourth-order valence-electron chi connectivity index (χ4n) is 1.95. The van der Waals surface area contributed by atoms with Crippen molar-refractivity contribution in [2.45, 2.75) is 19.3 Å². The summed E-state index contributed by atoms with van der Waals surface area (Å²) in [6.07, 6.45) is 1.20. The first-order chi connectivity index (χ1) is 9.54. The number of carbonyl (C=O) groups excluding carboxylic acids is 1. The molecule has 0 radical (unpaired) electrons. The van der Waals surface area contributed by atoms with Crippen molar-refractivity contribution in [1.82, 2.24) is 0 Å². The first kappa shape index (κ1) is 14.5. The molecular formula is C16H15ClFNO. The summed E-state index contributed by atoms with van der Waals surface area (Å²) in [7, 11) is 0. The molecule has 0 atom stereocenters. The molecule has 0 aliphatic heterocycles. The van der Waals surface area contributed by atoms with Crippen LogP contribution in [0.2, 0.25) is 5.02 Å². The number of benzene rings is 2. The Bertz CT molecular complexity index is 610. The number of carbonyl (C=O) groups is 1. The smallest absolute Gasteiger partial charge is 0.137 e. The Kier molecular flexibility index (Phi) is 4.74. The van der Waals surface area contributed by atoms with Crippen molar-refractivity contribution in [2.75, 3.05) is 5.73 Å². The largest absolute Gasteiger partial charge is 0.399 e. The van der Waals surface area contributed by atoms with Gasteiger partial charge >= 0.3 is 0 Å². The fraction of sp³-hybridized carbons (Fsp3) is 0.188. The highest BCUT2D eigenvalue weighted by molar-refractivity contribution is 6.31. The molecule has 0 bridgehead atoms. The van der Waals surface area contributed by atoms with E-state index >= 15 is 0 Å². The van der Waals surface area contributed by atoms with Crippen LogP contribution in [-0.4, -0.2) is 5.78 Å². The van der Waals surface area contributed by atoms with Crippen LogP contribution in [0, 0.1) is 5.82 Å². The van der Waals surface area contributed by atoms with E-state index in [1.54, 1.807) is 0 Å². The molecule has 0 heterocycles. The molecule has 0 fully saturated rings. The first-order valence-electron chi connectivity index (χ1n) is 6.34. The number of hydrogen-bond donors (Lipinski definition) is 1. The Labute approximate surface area is 122 Å². The minimum absolute atomic E-state index is 0.0364. The summed E-state index contributed by atoms with van der Waals surface area (Å²) < 4.78 is 13.1. The summed E-state index contributed by atoms with van der Waals surface area (Å²) in [5.74, 6) is -0.343. The van der Waals surface area contributed by atoms with Crippen molar-refractivity contribution in [3.05, 3.63) is 64.4 Å². The standard InChI is InChI=1S/C16H15ClFNO/c17-16-8-4-13(18)9-12(16)10-15(20)7-3-11-1-5-14(19)6-2-11/h1-2,4-6,8-9H,3,7,10,19H2. The van der Waals surface area contributed by atoms with E-state index in [2.05, 4.69) is 0 Å². The van der Waals surface area contributed by atoms with E-state index < -0.39 is 0 Å². The number of hydrogen-bond acceptors (Lipinski definition) is 2. The molecule has 0 aliphatic carbocycles. The third kappa shape index (κ3) is 4.07. The molecule has 2 N–H and O–H groups in total. The number of halogens is 2. The Hall–Kier alpha value is -1.87. The Morgan fingerprint density at radius 2 is 1.85 bits per heavy atom. The van der Waals surface area contributed by atoms with Gasteiger partial charge in [-0.25, -0.2) is 4.39 Å². The van der Waals surface area contributed by atoms with Crippen LogP contribution in [0.4, 0.5) is 10.1 Å². The lowest BCUT2D eigenvalue weighted by molar-refractivity contribution is -0.118.